The first-order valence-electron chi connectivity index (χ1n) is 11.2. The highest BCUT2D eigenvalue weighted by molar-refractivity contribution is 7.90. The van der Waals surface area contributed by atoms with Crippen LogP contribution in [0.4, 0.5) is 13.2 Å². The Morgan fingerprint density at radius 1 is 1.05 bits per heavy atom. The molecule has 0 spiro atoms. The standard InChI is InChI=1S/C27H21F3N4O3S/c1-17-4-9-22(10-5-17)38(36,37)34-24-12-18(23-11-8-21(15-32-23)27(28,29)30)6-7-19(24)13-25(34)26(35)20(14-31)16-33(2)3/h4-13,15-16H,1-3H3/b20-16+. The number of alkyl halides is 3. The number of benzene rings is 2. The highest BCUT2D eigenvalue weighted by atomic mass is 32.2. The topological polar surface area (TPSA) is 96.1 Å². The van der Waals surface area contributed by atoms with E-state index in [1.807, 2.05) is 6.07 Å². The van der Waals surface area contributed by atoms with E-state index in [0.29, 0.717) is 17.1 Å². The van der Waals surface area contributed by atoms with Crippen LogP contribution in [0, 0.1) is 18.3 Å². The second-order valence-electron chi connectivity index (χ2n) is 8.76. The molecule has 2 aromatic heterocycles. The van der Waals surface area contributed by atoms with E-state index >= 15 is 0 Å². The number of pyridine rings is 1. The normalized spacial score (nSPS) is 12.4. The molecule has 0 aliphatic heterocycles. The van der Waals surface area contributed by atoms with Crippen molar-refractivity contribution < 1.29 is 26.4 Å². The molecule has 194 valence electrons. The van der Waals surface area contributed by atoms with E-state index in [4.69, 9.17) is 0 Å². The fourth-order valence-corrected chi connectivity index (χ4v) is 5.34. The Labute approximate surface area is 217 Å². The highest BCUT2D eigenvalue weighted by Gasteiger charge is 2.31. The summed E-state index contributed by atoms with van der Waals surface area (Å²) in [6, 6.07) is 15.9. The molecule has 0 amide bonds. The summed E-state index contributed by atoms with van der Waals surface area (Å²) in [6.45, 7) is 1.80. The first-order valence-corrected chi connectivity index (χ1v) is 12.6. The molecule has 0 unspecified atom stereocenters. The van der Waals surface area contributed by atoms with Gasteiger partial charge in [0.25, 0.3) is 10.0 Å². The van der Waals surface area contributed by atoms with E-state index in [0.717, 1.165) is 15.6 Å². The predicted molar refractivity (Wildman–Crippen MR) is 136 cm³/mol. The van der Waals surface area contributed by atoms with Crippen LogP contribution in [0.15, 0.2) is 83.5 Å². The quantitative estimate of drug-likeness (QED) is 0.185. The Morgan fingerprint density at radius 2 is 1.74 bits per heavy atom. The van der Waals surface area contributed by atoms with Gasteiger partial charge in [0.15, 0.2) is 0 Å². The van der Waals surface area contributed by atoms with Crippen molar-refractivity contribution in [1.29, 1.82) is 5.26 Å². The number of ketones is 1. The second-order valence-corrected chi connectivity index (χ2v) is 10.5. The molecule has 2 heterocycles. The maximum Gasteiger partial charge on any atom is 0.417 e. The molecule has 4 aromatic rings. The summed E-state index contributed by atoms with van der Waals surface area (Å²) < 4.78 is 67.5. The largest absolute Gasteiger partial charge is 0.417 e. The number of rotatable bonds is 6. The molecule has 0 atom stereocenters. The summed E-state index contributed by atoms with van der Waals surface area (Å²) in [7, 11) is -1.10. The van der Waals surface area contributed by atoms with Crippen LogP contribution in [0.3, 0.4) is 0 Å². The zero-order valence-electron chi connectivity index (χ0n) is 20.5. The van der Waals surface area contributed by atoms with Crippen molar-refractivity contribution in [3.63, 3.8) is 0 Å². The lowest BCUT2D eigenvalue weighted by molar-refractivity contribution is -0.137. The van der Waals surface area contributed by atoms with Gasteiger partial charge < -0.3 is 4.90 Å². The van der Waals surface area contributed by atoms with Gasteiger partial charge in [-0.15, -0.1) is 0 Å². The molecular weight excluding hydrogens is 517 g/mol. The molecule has 0 saturated carbocycles. The first-order chi connectivity index (χ1) is 17.8. The number of halogens is 3. The van der Waals surface area contributed by atoms with E-state index in [9.17, 15) is 31.6 Å². The van der Waals surface area contributed by atoms with Gasteiger partial charge in [0, 0.05) is 37.4 Å². The minimum atomic E-state index is -4.56. The van der Waals surface area contributed by atoms with Crippen LogP contribution in [0.1, 0.15) is 21.6 Å². The number of hydrogen-bond acceptors (Lipinski definition) is 6. The van der Waals surface area contributed by atoms with Gasteiger partial charge in [0.1, 0.15) is 17.3 Å². The summed E-state index contributed by atoms with van der Waals surface area (Å²) in [4.78, 5) is 18.7. The summed E-state index contributed by atoms with van der Waals surface area (Å²) in [5, 5.41) is 9.96. The van der Waals surface area contributed by atoms with Crippen molar-refractivity contribution in [2.75, 3.05) is 14.1 Å². The molecule has 7 nitrogen and oxygen atoms in total. The van der Waals surface area contributed by atoms with Gasteiger partial charge in [-0.05, 0) is 43.3 Å². The van der Waals surface area contributed by atoms with E-state index in [-0.39, 0.29) is 27.4 Å². The van der Waals surface area contributed by atoms with Crippen LogP contribution >= 0.6 is 0 Å². The smallest absolute Gasteiger partial charge is 0.382 e. The molecule has 0 N–H and O–H groups in total. The Balaban J connectivity index is 1.98. The Hall–Kier alpha value is -4.43. The molecule has 0 bridgehead atoms. The van der Waals surface area contributed by atoms with E-state index in [1.54, 1.807) is 45.3 Å². The molecule has 2 aromatic carbocycles. The minimum absolute atomic E-state index is 0.0807. The van der Waals surface area contributed by atoms with Crippen LogP contribution in [0.25, 0.3) is 22.2 Å². The summed E-state index contributed by atoms with van der Waals surface area (Å²) >= 11 is 0. The molecule has 38 heavy (non-hydrogen) atoms. The maximum atomic E-state index is 13.8. The number of fused-ring (bicyclic) bond motifs is 1. The van der Waals surface area contributed by atoms with Gasteiger partial charge in [-0.3, -0.25) is 9.78 Å². The Bertz CT molecular complexity index is 1710. The van der Waals surface area contributed by atoms with Crippen molar-refractivity contribution in [1.82, 2.24) is 13.9 Å². The number of carbonyl (C=O) groups is 1. The third-order valence-electron chi connectivity index (χ3n) is 5.69. The molecule has 0 radical (unpaired) electrons. The average molecular weight is 539 g/mol. The molecule has 0 aliphatic carbocycles. The third kappa shape index (κ3) is 5.03. The number of nitrogens with zero attached hydrogens (tertiary/aromatic N) is 4. The molecule has 4 rings (SSSR count). The zero-order valence-corrected chi connectivity index (χ0v) is 21.3. The minimum Gasteiger partial charge on any atom is -0.382 e. The number of aromatic nitrogens is 2. The van der Waals surface area contributed by atoms with Crippen molar-refractivity contribution >= 4 is 26.7 Å². The maximum absolute atomic E-state index is 13.8. The van der Waals surface area contributed by atoms with Gasteiger partial charge in [0.05, 0.1) is 21.7 Å². The molecule has 0 saturated heterocycles. The summed E-state index contributed by atoms with van der Waals surface area (Å²) in [6.07, 6.45) is -2.57. The monoisotopic (exact) mass is 538 g/mol. The van der Waals surface area contributed by atoms with E-state index in [1.165, 1.54) is 41.4 Å². The Kier molecular flexibility index (Phi) is 6.86. The lowest BCUT2D eigenvalue weighted by Crippen LogP contribution is -2.20. The zero-order chi connectivity index (χ0) is 27.8. The van der Waals surface area contributed by atoms with Gasteiger partial charge in [0.2, 0.25) is 5.78 Å². The average Bonchev–Trinajstić information content (AvgIpc) is 3.26. The van der Waals surface area contributed by atoms with E-state index < -0.39 is 27.5 Å². The fraction of sp³-hybridized carbons (Fsp3) is 0.148. The molecule has 0 fully saturated rings. The summed E-state index contributed by atoms with van der Waals surface area (Å²) in [5.41, 5.74) is 0.00326. The first kappa shape index (κ1) is 26.6. The van der Waals surface area contributed by atoms with Crippen LogP contribution in [-0.2, 0) is 16.2 Å². The third-order valence-corrected chi connectivity index (χ3v) is 7.43. The van der Waals surface area contributed by atoms with Gasteiger partial charge in [-0.2, -0.15) is 18.4 Å². The highest BCUT2D eigenvalue weighted by Crippen LogP contribution is 2.33. The van der Waals surface area contributed by atoms with Gasteiger partial charge in [-0.25, -0.2) is 12.4 Å². The van der Waals surface area contributed by atoms with Crippen LogP contribution < -0.4 is 0 Å². The van der Waals surface area contributed by atoms with Crippen molar-refractivity contribution in [3.8, 4) is 17.3 Å². The van der Waals surface area contributed by atoms with Crippen molar-refractivity contribution in [2.45, 2.75) is 18.0 Å². The van der Waals surface area contributed by atoms with Crippen LogP contribution in [0.2, 0.25) is 0 Å². The number of carbonyl (C=O) groups excluding carboxylic acids is 1. The second kappa shape index (κ2) is 9.79. The molecular formula is C27H21F3N4O3S. The van der Waals surface area contributed by atoms with Gasteiger partial charge >= 0.3 is 6.18 Å². The van der Waals surface area contributed by atoms with Gasteiger partial charge in [-0.1, -0.05) is 29.8 Å². The number of hydrogen-bond donors (Lipinski definition) is 0. The number of Topliss-reactive ketones (excluding diaryl/α,β-unsaturated/α-hetero) is 1. The molecule has 0 aliphatic rings. The lowest BCUT2D eigenvalue weighted by Gasteiger charge is -2.13. The van der Waals surface area contributed by atoms with Crippen molar-refractivity contribution in [3.05, 3.63) is 95.5 Å². The SMILES string of the molecule is Cc1ccc(S(=O)(=O)n2c(C(=O)/C(C#N)=C/N(C)C)cc3ccc(-c4ccc(C(F)(F)F)cn4)cc32)cc1. The number of nitriles is 1. The summed E-state index contributed by atoms with van der Waals surface area (Å²) in [5.74, 6) is -0.803. The molecule has 11 heteroatoms. The van der Waals surface area contributed by atoms with Crippen LogP contribution in [-0.4, -0.2) is 42.2 Å². The Morgan fingerprint density at radius 3 is 2.29 bits per heavy atom. The van der Waals surface area contributed by atoms with Crippen LogP contribution in [0.5, 0.6) is 0 Å². The number of aryl methyl sites for hydroxylation is 1. The predicted octanol–water partition coefficient (Wildman–Crippen LogP) is 5.42. The number of allylic oxidation sites excluding steroid dienone is 1. The van der Waals surface area contributed by atoms with Crippen molar-refractivity contribution in [2.24, 2.45) is 0 Å². The lowest BCUT2D eigenvalue weighted by atomic mass is 10.1. The van der Waals surface area contributed by atoms with E-state index in [2.05, 4.69) is 4.98 Å². The fourth-order valence-electron chi connectivity index (χ4n) is 3.84.